The molecule has 1 fully saturated rings. The summed E-state index contributed by atoms with van der Waals surface area (Å²) >= 11 is 0. The lowest BCUT2D eigenvalue weighted by atomic mass is 9.76. The minimum atomic E-state index is -1.20. The molecule has 1 aromatic carbocycles. The molecule has 1 heterocycles. The third-order valence-corrected chi connectivity index (χ3v) is 4.97. The molecule has 28 heavy (non-hydrogen) atoms. The van der Waals surface area contributed by atoms with Crippen LogP contribution in [0.2, 0.25) is 0 Å². The first-order chi connectivity index (χ1) is 12.8. The van der Waals surface area contributed by atoms with Gasteiger partial charge in [0.2, 0.25) is 5.91 Å². The van der Waals surface area contributed by atoms with Gasteiger partial charge < -0.3 is 24.8 Å². The third kappa shape index (κ3) is 4.60. The lowest BCUT2D eigenvalue weighted by Gasteiger charge is -2.32. The highest BCUT2D eigenvalue weighted by atomic mass is 16.7. The molecule has 1 amide bonds. The molecular formula is C19H24BNO7. The molecule has 0 radical (unpaired) electrons. The number of carboxylic acids is 2. The summed E-state index contributed by atoms with van der Waals surface area (Å²) in [5.41, 5.74) is -0.732. The third-order valence-electron chi connectivity index (χ3n) is 4.97. The number of rotatable bonds is 6. The van der Waals surface area contributed by atoms with E-state index in [0.717, 1.165) is 0 Å². The van der Waals surface area contributed by atoms with Gasteiger partial charge in [-0.1, -0.05) is 6.08 Å². The molecule has 1 saturated heterocycles. The second-order valence-corrected chi connectivity index (χ2v) is 7.63. The molecule has 1 aliphatic rings. The van der Waals surface area contributed by atoms with E-state index in [0.29, 0.717) is 5.47 Å². The van der Waals surface area contributed by atoms with Gasteiger partial charge in [-0.15, -0.1) is 0 Å². The van der Waals surface area contributed by atoms with Crippen molar-refractivity contribution in [2.75, 3.05) is 6.54 Å². The fraction of sp³-hybridized carbons (Fsp3) is 0.421. The fourth-order valence-electron chi connectivity index (χ4n) is 2.63. The number of carboxylic acid groups (broad SMARTS) is 2. The van der Waals surface area contributed by atoms with Crippen LogP contribution in [0, 0.1) is 0 Å². The van der Waals surface area contributed by atoms with Crippen molar-refractivity contribution in [3.63, 3.8) is 0 Å². The van der Waals surface area contributed by atoms with E-state index in [1.807, 2.05) is 27.7 Å². The van der Waals surface area contributed by atoms with Crippen molar-refractivity contribution in [3.05, 3.63) is 40.4 Å². The summed E-state index contributed by atoms with van der Waals surface area (Å²) in [5, 5.41) is 21.3. The quantitative estimate of drug-likeness (QED) is 0.638. The van der Waals surface area contributed by atoms with Gasteiger partial charge in [0, 0.05) is 13.5 Å². The van der Waals surface area contributed by atoms with E-state index in [4.69, 9.17) is 9.31 Å². The van der Waals surface area contributed by atoms with Crippen LogP contribution in [0.1, 0.15) is 60.9 Å². The molecular weight excluding hydrogens is 365 g/mol. The second kappa shape index (κ2) is 7.77. The fourth-order valence-corrected chi connectivity index (χ4v) is 2.63. The van der Waals surface area contributed by atoms with Gasteiger partial charge in [-0.3, -0.25) is 4.79 Å². The molecule has 1 aromatic rings. The SMILES string of the molecule is CC(=O)NCC(=Cc1cc(C(=O)O)ccc1C(=O)O)B1OC(C)(C)C(C)(C)O1. The highest BCUT2D eigenvalue weighted by Gasteiger charge is 2.52. The maximum absolute atomic E-state index is 11.6. The Kier molecular flexibility index (Phi) is 6.01. The summed E-state index contributed by atoms with van der Waals surface area (Å²) in [6.45, 7) is 8.90. The molecule has 150 valence electrons. The van der Waals surface area contributed by atoms with Gasteiger partial charge in [-0.05, 0) is 56.9 Å². The average molecular weight is 389 g/mol. The minimum Gasteiger partial charge on any atom is -0.478 e. The highest BCUT2D eigenvalue weighted by Crippen LogP contribution is 2.38. The van der Waals surface area contributed by atoms with E-state index < -0.39 is 30.3 Å². The summed E-state index contributed by atoms with van der Waals surface area (Å²) in [4.78, 5) is 34.3. The summed E-state index contributed by atoms with van der Waals surface area (Å²) < 4.78 is 12.0. The Labute approximate surface area is 163 Å². The van der Waals surface area contributed by atoms with Crippen molar-refractivity contribution in [1.82, 2.24) is 5.32 Å². The first-order valence-corrected chi connectivity index (χ1v) is 8.75. The van der Waals surface area contributed by atoms with Gasteiger partial charge in [0.05, 0.1) is 22.3 Å². The number of hydrogen-bond acceptors (Lipinski definition) is 5. The molecule has 8 nitrogen and oxygen atoms in total. The summed E-state index contributed by atoms with van der Waals surface area (Å²) in [7, 11) is -0.827. The lowest BCUT2D eigenvalue weighted by molar-refractivity contribution is -0.118. The van der Waals surface area contributed by atoms with Crippen molar-refractivity contribution in [2.24, 2.45) is 0 Å². The molecule has 0 spiro atoms. The number of aromatic carboxylic acids is 2. The Balaban J connectivity index is 2.53. The molecule has 0 saturated carbocycles. The Bertz CT molecular complexity index is 829. The zero-order valence-electron chi connectivity index (χ0n) is 16.5. The van der Waals surface area contributed by atoms with E-state index >= 15 is 0 Å². The Morgan fingerprint density at radius 2 is 1.64 bits per heavy atom. The van der Waals surface area contributed by atoms with Crippen molar-refractivity contribution in [1.29, 1.82) is 0 Å². The normalized spacial score (nSPS) is 18.0. The van der Waals surface area contributed by atoms with Crippen molar-refractivity contribution >= 4 is 31.0 Å². The molecule has 2 rings (SSSR count). The van der Waals surface area contributed by atoms with Gasteiger partial charge in [0.25, 0.3) is 0 Å². The predicted molar refractivity (Wildman–Crippen MR) is 103 cm³/mol. The van der Waals surface area contributed by atoms with E-state index in [1.165, 1.54) is 31.2 Å². The molecule has 0 atom stereocenters. The van der Waals surface area contributed by atoms with Crippen LogP contribution in [0.25, 0.3) is 6.08 Å². The zero-order valence-corrected chi connectivity index (χ0v) is 16.5. The van der Waals surface area contributed by atoms with Crippen molar-refractivity contribution in [3.8, 4) is 0 Å². The first-order valence-electron chi connectivity index (χ1n) is 8.75. The van der Waals surface area contributed by atoms with Crippen LogP contribution < -0.4 is 5.32 Å². The number of amides is 1. The Morgan fingerprint density at radius 1 is 1.07 bits per heavy atom. The first kappa shape index (κ1) is 21.7. The number of carbonyl (C=O) groups is 3. The maximum atomic E-state index is 11.6. The topological polar surface area (TPSA) is 122 Å². The summed E-state index contributed by atoms with van der Waals surface area (Å²) in [5.74, 6) is -2.65. The smallest absolute Gasteiger partial charge is 0.478 e. The number of nitrogens with one attached hydrogen (secondary N) is 1. The maximum Gasteiger partial charge on any atom is 0.492 e. The predicted octanol–water partition coefficient (Wildman–Crippen LogP) is 2.23. The van der Waals surface area contributed by atoms with Gasteiger partial charge in [0.1, 0.15) is 0 Å². The molecule has 0 unspecified atom stereocenters. The van der Waals surface area contributed by atoms with E-state index in [2.05, 4.69) is 5.32 Å². The number of hydrogen-bond donors (Lipinski definition) is 3. The molecule has 1 aliphatic heterocycles. The van der Waals surface area contributed by atoms with Crippen LogP contribution in [-0.2, 0) is 14.1 Å². The summed E-state index contributed by atoms with van der Waals surface area (Å²) in [6, 6.07) is 3.73. The highest BCUT2D eigenvalue weighted by molar-refractivity contribution is 6.56. The zero-order chi connectivity index (χ0) is 21.3. The van der Waals surface area contributed by atoms with Gasteiger partial charge >= 0.3 is 19.1 Å². The van der Waals surface area contributed by atoms with Gasteiger partial charge in [-0.2, -0.15) is 0 Å². The van der Waals surface area contributed by atoms with E-state index in [9.17, 15) is 24.6 Å². The van der Waals surface area contributed by atoms with Crippen LogP contribution in [-0.4, -0.2) is 52.9 Å². The van der Waals surface area contributed by atoms with Crippen LogP contribution in [0.4, 0.5) is 0 Å². The van der Waals surface area contributed by atoms with E-state index in [1.54, 1.807) is 0 Å². The summed E-state index contributed by atoms with van der Waals surface area (Å²) in [6.07, 6.45) is 1.49. The van der Waals surface area contributed by atoms with Crippen molar-refractivity contribution < 1.29 is 33.9 Å². The second-order valence-electron chi connectivity index (χ2n) is 7.63. The van der Waals surface area contributed by atoms with Gasteiger partial charge in [0.15, 0.2) is 0 Å². The lowest BCUT2D eigenvalue weighted by Crippen LogP contribution is -2.41. The molecule has 3 N–H and O–H groups in total. The monoisotopic (exact) mass is 389 g/mol. The largest absolute Gasteiger partial charge is 0.492 e. The average Bonchev–Trinajstić information content (AvgIpc) is 2.78. The minimum absolute atomic E-state index is 0.0518. The Hall–Kier alpha value is -2.65. The Morgan fingerprint density at radius 3 is 2.11 bits per heavy atom. The number of benzene rings is 1. The molecule has 0 aliphatic carbocycles. The number of carbonyl (C=O) groups excluding carboxylic acids is 1. The standard InChI is InChI=1S/C19H24BNO7/c1-11(22)21-10-14(20-27-18(2,3)19(4,5)28-20)9-13-8-12(16(23)24)6-7-15(13)17(25)26/h6-9H,10H2,1-5H3,(H,21,22)(H,23,24)(H,25,26). The molecule has 0 bridgehead atoms. The molecule has 9 heteroatoms. The molecule has 0 aromatic heterocycles. The van der Waals surface area contributed by atoms with Crippen LogP contribution in [0.5, 0.6) is 0 Å². The van der Waals surface area contributed by atoms with Crippen molar-refractivity contribution in [2.45, 2.75) is 45.8 Å². The van der Waals surface area contributed by atoms with Crippen LogP contribution in [0.3, 0.4) is 0 Å². The van der Waals surface area contributed by atoms with Crippen LogP contribution >= 0.6 is 0 Å². The van der Waals surface area contributed by atoms with Crippen LogP contribution in [0.15, 0.2) is 23.7 Å². The van der Waals surface area contributed by atoms with Gasteiger partial charge in [-0.25, -0.2) is 9.59 Å². The van der Waals surface area contributed by atoms with E-state index in [-0.39, 0.29) is 29.1 Å².